The molecule has 1 aromatic carbocycles. The molecule has 0 unspecified atom stereocenters. The number of rotatable bonds is 6. The minimum Gasteiger partial charge on any atom is -0.478 e. The van der Waals surface area contributed by atoms with E-state index >= 15 is 0 Å². The van der Waals surface area contributed by atoms with Crippen LogP contribution in [0.25, 0.3) is 6.08 Å². The normalized spacial score (nSPS) is 12.9. The van der Waals surface area contributed by atoms with Crippen molar-refractivity contribution in [3.05, 3.63) is 23.8 Å². The Morgan fingerprint density at radius 2 is 2.16 bits per heavy atom. The van der Waals surface area contributed by atoms with E-state index < -0.39 is 5.97 Å². The number of fused-ring (bicyclic) bond motifs is 1. The summed E-state index contributed by atoms with van der Waals surface area (Å²) in [6.07, 6.45) is 2.47. The van der Waals surface area contributed by atoms with Crippen LogP contribution < -0.4 is 14.2 Å². The van der Waals surface area contributed by atoms with Crippen molar-refractivity contribution in [1.82, 2.24) is 0 Å². The van der Waals surface area contributed by atoms with Crippen LogP contribution in [-0.2, 0) is 9.53 Å². The van der Waals surface area contributed by atoms with Crippen LogP contribution in [0, 0.1) is 0 Å². The molecule has 0 atom stereocenters. The first-order valence-electron chi connectivity index (χ1n) is 5.76. The van der Waals surface area contributed by atoms with Gasteiger partial charge in [0.2, 0.25) is 6.79 Å². The predicted octanol–water partition coefficient (Wildman–Crippen LogP) is 1.89. The molecule has 19 heavy (non-hydrogen) atoms. The zero-order chi connectivity index (χ0) is 13.7. The first-order chi connectivity index (χ1) is 9.20. The molecule has 0 aromatic heterocycles. The van der Waals surface area contributed by atoms with Crippen molar-refractivity contribution < 1.29 is 28.8 Å². The Morgan fingerprint density at radius 3 is 2.84 bits per heavy atom. The van der Waals surface area contributed by atoms with Crippen LogP contribution in [0.1, 0.15) is 12.5 Å². The number of hydrogen-bond acceptors (Lipinski definition) is 5. The molecule has 0 fully saturated rings. The minimum atomic E-state index is -1.03. The highest BCUT2D eigenvalue weighted by Crippen LogP contribution is 2.38. The molecule has 2 rings (SSSR count). The van der Waals surface area contributed by atoms with Crippen molar-refractivity contribution in [2.75, 3.05) is 20.2 Å². The summed E-state index contributed by atoms with van der Waals surface area (Å²) in [5, 5.41) is 8.66. The number of carboxylic acid groups (broad SMARTS) is 1. The van der Waals surface area contributed by atoms with Gasteiger partial charge in [0, 0.05) is 24.3 Å². The molecular weight excluding hydrogens is 252 g/mol. The Labute approximate surface area is 110 Å². The number of hydrogen-bond donors (Lipinski definition) is 1. The van der Waals surface area contributed by atoms with E-state index in [4.69, 9.17) is 24.1 Å². The Morgan fingerprint density at radius 1 is 1.42 bits per heavy atom. The smallest absolute Gasteiger partial charge is 0.328 e. The fraction of sp³-hybridized carbons (Fsp3) is 0.308. The van der Waals surface area contributed by atoms with E-state index in [2.05, 4.69) is 0 Å². The molecule has 6 nitrogen and oxygen atoms in total. The minimum absolute atomic E-state index is 0.0874. The molecule has 0 aliphatic carbocycles. The first-order valence-corrected chi connectivity index (χ1v) is 5.76. The molecule has 0 amide bonds. The Balaban J connectivity index is 2.24. The molecule has 1 aliphatic rings. The summed E-state index contributed by atoms with van der Waals surface area (Å²) < 4.78 is 21.0. The van der Waals surface area contributed by atoms with Crippen LogP contribution in [0.15, 0.2) is 18.2 Å². The van der Waals surface area contributed by atoms with Gasteiger partial charge in [-0.25, -0.2) is 4.79 Å². The van der Waals surface area contributed by atoms with Crippen molar-refractivity contribution in [3.63, 3.8) is 0 Å². The standard InChI is InChI=1S/C13H14O6/c1-2-16-7-17-10-6-12-11(18-8-19-12)5-9(10)3-4-13(14)15/h3-6H,2,7-8H2,1H3,(H,14,15). The van der Waals surface area contributed by atoms with Gasteiger partial charge >= 0.3 is 5.97 Å². The van der Waals surface area contributed by atoms with Crippen molar-refractivity contribution in [3.8, 4) is 17.2 Å². The Bertz CT molecular complexity index is 494. The molecular formula is C13H14O6. The molecule has 102 valence electrons. The van der Waals surface area contributed by atoms with Gasteiger partial charge in [-0.15, -0.1) is 0 Å². The van der Waals surface area contributed by atoms with Crippen LogP contribution in [0.3, 0.4) is 0 Å². The van der Waals surface area contributed by atoms with Crippen molar-refractivity contribution in [1.29, 1.82) is 0 Å². The molecule has 0 saturated carbocycles. The second-order valence-electron chi connectivity index (χ2n) is 3.67. The first kappa shape index (κ1) is 13.2. The van der Waals surface area contributed by atoms with Crippen molar-refractivity contribution in [2.24, 2.45) is 0 Å². The highest BCUT2D eigenvalue weighted by molar-refractivity contribution is 5.86. The maximum absolute atomic E-state index is 10.6. The third-order valence-electron chi connectivity index (χ3n) is 2.41. The summed E-state index contributed by atoms with van der Waals surface area (Å²) in [4.78, 5) is 10.6. The third kappa shape index (κ3) is 3.38. The fourth-order valence-electron chi connectivity index (χ4n) is 1.54. The lowest BCUT2D eigenvalue weighted by Crippen LogP contribution is -2.03. The van der Waals surface area contributed by atoms with Gasteiger partial charge in [-0.3, -0.25) is 0 Å². The summed E-state index contributed by atoms with van der Waals surface area (Å²) >= 11 is 0. The maximum atomic E-state index is 10.6. The highest BCUT2D eigenvalue weighted by Gasteiger charge is 2.17. The number of benzene rings is 1. The predicted molar refractivity (Wildman–Crippen MR) is 66.4 cm³/mol. The van der Waals surface area contributed by atoms with Gasteiger partial charge in [-0.05, 0) is 19.1 Å². The van der Waals surface area contributed by atoms with E-state index in [9.17, 15) is 4.79 Å². The zero-order valence-corrected chi connectivity index (χ0v) is 10.4. The van der Waals surface area contributed by atoms with Gasteiger partial charge in [0.05, 0.1) is 0 Å². The largest absolute Gasteiger partial charge is 0.478 e. The van der Waals surface area contributed by atoms with Crippen LogP contribution in [0.2, 0.25) is 0 Å². The van der Waals surface area contributed by atoms with Gasteiger partial charge in [0.25, 0.3) is 0 Å². The summed E-state index contributed by atoms with van der Waals surface area (Å²) in [7, 11) is 0. The van der Waals surface area contributed by atoms with Crippen molar-refractivity contribution in [2.45, 2.75) is 6.92 Å². The summed E-state index contributed by atoms with van der Waals surface area (Å²) in [5.41, 5.74) is 0.589. The second kappa shape index (κ2) is 6.10. The van der Waals surface area contributed by atoms with E-state index in [0.29, 0.717) is 29.4 Å². The number of carbonyl (C=O) groups is 1. The average Bonchev–Trinajstić information content (AvgIpc) is 2.83. The molecule has 1 N–H and O–H groups in total. The van der Waals surface area contributed by atoms with E-state index in [0.717, 1.165) is 6.08 Å². The van der Waals surface area contributed by atoms with E-state index in [1.165, 1.54) is 6.08 Å². The van der Waals surface area contributed by atoms with Gasteiger partial charge in [0.1, 0.15) is 5.75 Å². The SMILES string of the molecule is CCOCOc1cc2c(cc1C=CC(=O)O)OCO2. The Kier molecular flexibility index (Phi) is 4.25. The molecule has 6 heteroatoms. The van der Waals surface area contributed by atoms with Gasteiger partial charge < -0.3 is 24.1 Å². The zero-order valence-electron chi connectivity index (χ0n) is 10.4. The van der Waals surface area contributed by atoms with E-state index in [1.807, 2.05) is 6.92 Å². The lowest BCUT2D eigenvalue weighted by molar-refractivity contribution is -0.131. The van der Waals surface area contributed by atoms with Gasteiger partial charge in [-0.2, -0.15) is 0 Å². The fourth-order valence-corrected chi connectivity index (χ4v) is 1.54. The molecule has 1 aliphatic heterocycles. The van der Waals surface area contributed by atoms with Crippen LogP contribution in [0.4, 0.5) is 0 Å². The van der Waals surface area contributed by atoms with E-state index in [-0.39, 0.29) is 13.6 Å². The molecule has 0 radical (unpaired) electrons. The topological polar surface area (TPSA) is 74.2 Å². The quantitative estimate of drug-likeness (QED) is 0.481. The average molecular weight is 266 g/mol. The monoisotopic (exact) mass is 266 g/mol. The van der Waals surface area contributed by atoms with Gasteiger partial charge in [0.15, 0.2) is 18.3 Å². The number of carboxylic acids is 1. The lowest BCUT2D eigenvalue weighted by atomic mass is 10.1. The molecule has 1 heterocycles. The summed E-state index contributed by atoms with van der Waals surface area (Å²) in [6.45, 7) is 2.62. The van der Waals surface area contributed by atoms with Crippen LogP contribution in [-0.4, -0.2) is 31.3 Å². The number of ether oxygens (including phenoxy) is 4. The summed E-state index contributed by atoms with van der Waals surface area (Å²) in [5.74, 6) is 0.580. The number of aliphatic carboxylic acids is 1. The molecule has 1 aromatic rings. The molecule has 0 bridgehead atoms. The second-order valence-corrected chi connectivity index (χ2v) is 3.67. The van der Waals surface area contributed by atoms with Crippen LogP contribution in [0.5, 0.6) is 17.2 Å². The van der Waals surface area contributed by atoms with Crippen molar-refractivity contribution >= 4 is 12.0 Å². The highest BCUT2D eigenvalue weighted by atomic mass is 16.7. The van der Waals surface area contributed by atoms with Gasteiger partial charge in [-0.1, -0.05) is 0 Å². The summed E-state index contributed by atoms with van der Waals surface area (Å²) in [6, 6.07) is 3.33. The van der Waals surface area contributed by atoms with E-state index in [1.54, 1.807) is 12.1 Å². The lowest BCUT2D eigenvalue weighted by Gasteiger charge is -2.10. The Hall–Kier alpha value is -2.21. The molecule has 0 saturated heterocycles. The maximum Gasteiger partial charge on any atom is 0.328 e. The van der Waals surface area contributed by atoms with Crippen LogP contribution >= 0.6 is 0 Å². The molecule has 0 spiro atoms. The third-order valence-corrected chi connectivity index (χ3v) is 2.41.